The van der Waals surface area contributed by atoms with Crippen LogP contribution in [0.15, 0.2) is 70.1 Å². The molecule has 3 nitrogen and oxygen atoms in total. The molecule has 1 heterocycles. The van der Waals surface area contributed by atoms with Crippen LogP contribution in [0.2, 0.25) is 10.0 Å². The van der Waals surface area contributed by atoms with Gasteiger partial charge in [0.05, 0.1) is 6.54 Å². The van der Waals surface area contributed by atoms with Crippen LogP contribution in [-0.2, 0) is 13.2 Å². The largest absolute Gasteiger partial charge is 0.487 e. The molecule has 0 radical (unpaired) electrons. The molecule has 0 unspecified atom stereocenters. The Labute approximate surface area is 163 Å². The SMILES string of the molecule is O=c1c(Br)c(OCc2c(Cl)cccc2Cl)ccn1Cc1ccccc1. The normalized spacial score (nSPS) is 10.7. The molecule has 0 spiro atoms. The first-order chi connectivity index (χ1) is 12.1. The van der Waals surface area contributed by atoms with Gasteiger partial charge >= 0.3 is 0 Å². The molecule has 0 aliphatic rings. The van der Waals surface area contributed by atoms with E-state index in [1.165, 1.54) is 0 Å². The number of benzene rings is 2. The molecule has 0 saturated heterocycles. The van der Waals surface area contributed by atoms with E-state index in [9.17, 15) is 4.79 Å². The molecule has 3 rings (SSSR count). The van der Waals surface area contributed by atoms with Gasteiger partial charge in [-0.05, 0) is 39.7 Å². The van der Waals surface area contributed by atoms with Crippen LogP contribution in [0.4, 0.5) is 0 Å². The second kappa shape index (κ2) is 8.09. The number of hydrogen-bond donors (Lipinski definition) is 0. The average molecular weight is 439 g/mol. The van der Waals surface area contributed by atoms with Gasteiger partial charge in [-0.3, -0.25) is 4.79 Å². The van der Waals surface area contributed by atoms with Crippen LogP contribution in [0.5, 0.6) is 5.75 Å². The maximum absolute atomic E-state index is 12.5. The fourth-order valence-electron chi connectivity index (χ4n) is 2.37. The highest BCUT2D eigenvalue weighted by Gasteiger charge is 2.11. The van der Waals surface area contributed by atoms with Gasteiger partial charge in [0.15, 0.2) is 0 Å². The Morgan fingerprint density at radius 3 is 2.32 bits per heavy atom. The summed E-state index contributed by atoms with van der Waals surface area (Å²) in [5.74, 6) is 0.449. The third-order valence-electron chi connectivity index (χ3n) is 3.70. The topological polar surface area (TPSA) is 31.2 Å². The van der Waals surface area contributed by atoms with Crippen molar-refractivity contribution in [2.45, 2.75) is 13.2 Å². The van der Waals surface area contributed by atoms with E-state index in [2.05, 4.69) is 15.9 Å². The van der Waals surface area contributed by atoms with Crippen LogP contribution in [-0.4, -0.2) is 4.57 Å². The van der Waals surface area contributed by atoms with E-state index in [0.717, 1.165) is 5.56 Å². The van der Waals surface area contributed by atoms with E-state index >= 15 is 0 Å². The molecule has 3 aromatic rings. The lowest BCUT2D eigenvalue weighted by molar-refractivity contribution is 0.303. The second-order valence-electron chi connectivity index (χ2n) is 5.40. The minimum Gasteiger partial charge on any atom is -0.487 e. The van der Waals surface area contributed by atoms with Gasteiger partial charge < -0.3 is 9.30 Å². The van der Waals surface area contributed by atoms with Crippen molar-refractivity contribution >= 4 is 39.1 Å². The number of nitrogens with zero attached hydrogens (tertiary/aromatic N) is 1. The predicted molar refractivity (Wildman–Crippen MR) is 105 cm³/mol. The number of pyridine rings is 1. The van der Waals surface area contributed by atoms with Crippen LogP contribution in [0.25, 0.3) is 0 Å². The highest BCUT2D eigenvalue weighted by molar-refractivity contribution is 9.10. The molecule has 1 aromatic heterocycles. The Morgan fingerprint density at radius 1 is 0.960 bits per heavy atom. The lowest BCUT2D eigenvalue weighted by atomic mass is 10.2. The summed E-state index contributed by atoms with van der Waals surface area (Å²) in [5, 5.41) is 1.06. The van der Waals surface area contributed by atoms with Crippen LogP contribution in [0.1, 0.15) is 11.1 Å². The van der Waals surface area contributed by atoms with Gasteiger partial charge in [0.2, 0.25) is 0 Å². The second-order valence-corrected chi connectivity index (χ2v) is 7.01. The van der Waals surface area contributed by atoms with Crippen molar-refractivity contribution in [2.75, 3.05) is 0 Å². The van der Waals surface area contributed by atoms with Crippen LogP contribution in [0.3, 0.4) is 0 Å². The molecule has 6 heteroatoms. The molecule has 0 N–H and O–H groups in total. The van der Waals surface area contributed by atoms with Crippen molar-refractivity contribution in [3.63, 3.8) is 0 Å². The van der Waals surface area contributed by atoms with Crippen molar-refractivity contribution in [1.82, 2.24) is 4.57 Å². The average Bonchev–Trinajstić information content (AvgIpc) is 2.61. The lowest BCUT2D eigenvalue weighted by Gasteiger charge is -2.12. The zero-order valence-corrected chi connectivity index (χ0v) is 16.2. The number of ether oxygens (including phenoxy) is 1. The summed E-state index contributed by atoms with van der Waals surface area (Å²) in [6, 6.07) is 16.8. The molecule has 0 atom stereocenters. The van der Waals surface area contributed by atoms with Gasteiger partial charge in [-0.1, -0.05) is 59.6 Å². The molecule has 0 saturated carbocycles. The van der Waals surface area contributed by atoms with Crippen molar-refractivity contribution < 1.29 is 4.74 Å². The number of hydrogen-bond acceptors (Lipinski definition) is 2. The van der Waals surface area contributed by atoms with Gasteiger partial charge in [0.25, 0.3) is 5.56 Å². The van der Waals surface area contributed by atoms with Crippen molar-refractivity contribution in [2.24, 2.45) is 0 Å². The minimum absolute atomic E-state index is 0.161. The van der Waals surface area contributed by atoms with Gasteiger partial charge in [0, 0.05) is 21.8 Å². The first kappa shape index (κ1) is 18.1. The molecule has 0 fully saturated rings. The van der Waals surface area contributed by atoms with E-state index < -0.39 is 0 Å². The monoisotopic (exact) mass is 437 g/mol. The van der Waals surface area contributed by atoms with E-state index in [0.29, 0.717) is 32.4 Å². The van der Waals surface area contributed by atoms with E-state index in [-0.39, 0.29) is 12.2 Å². The molecular formula is C19H14BrCl2NO2. The molecule has 0 aliphatic heterocycles. The van der Waals surface area contributed by atoms with Gasteiger partial charge in [-0.25, -0.2) is 0 Å². The molecule has 0 aliphatic carbocycles. The molecular weight excluding hydrogens is 425 g/mol. The summed E-state index contributed by atoms with van der Waals surface area (Å²) >= 11 is 15.6. The van der Waals surface area contributed by atoms with E-state index in [1.807, 2.05) is 30.3 Å². The summed E-state index contributed by atoms with van der Waals surface area (Å²) in [4.78, 5) is 12.5. The molecule has 25 heavy (non-hydrogen) atoms. The number of rotatable bonds is 5. The highest BCUT2D eigenvalue weighted by Crippen LogP contribution is 2.27. The summed E-state index contributed by atoms with van der Waals surface area (Å²) in [6.45, 7) is 0.675. The molecule has 0 bridgehead atoms. The van der Waals surface area contributed by atoms with E-state index in [1.54, 1.807) is 35.0 Å². The summed E-state index contributed by atoms with van der Waals surface area (Å²) < 4.78 is 7.73. The zero-order valence-electron chi connectivity index (χ0n) is 13.1. The number of aromatic nitrogens is 1. The van der Waals surface area contributed by atoms with E-state index in [4.69, 9.17) is 27.9 Å². The summed E-state index contributed by atoms with van der Waals surface area (Å²) in [5.41, 5.74) is 1.57. The van der Waals surface area contributed by atoms with Crippen LogP contribution < -0.4 is 10.3 Å². The summed E-state index contributed by atoms with van der Waals surface area (Å²) in [6.07, 6.45) is 1.71. The minimum atomic E-state index is -0.161. The smallest absolute Gasteiger partial charge is 0.268 e. The fraction of sp³-hybridized carbons (Fsp3) is 0.105. The first-order valence-electron chi connectivity index (χ1n) is 7.55. The Kier molecular flexibility index (Phi) is 5.84. The Bertz CT molecular complexity index is 922. The van der Waals surface area contributed by atoms with Gasteiger partial charge in [-0.15, -0.1) is 0 Å². The maximum atomic E-state index is 12.5. The quantitative estimate of drug-likeness (QED) is 0.523. The third-order valence-corrected chi connectivity index (χ3v) is 5.14. The maximum Gasteiger partial charge on any atom is 0.268 e. The predicted octanol–water partition coefficient (Wildman–Crippen LogP) is 5.54. The standard InChI is InChI=1S/C19H14BrCl2NO2/c20-18-17(25-12-14-15(21)7-4-8-16(14)22)9-10-23(19(18)24)11-13-5-2-1-3-6-13/h1-10H,11-12H2. The van der Waals surface area contributed by atoms with Crippen molar-refractivity contribution in [1.29, 1.82) is 0 Å². The molecule has 0 amide bonds. The molecule has 2 aromatic carbocycles. The Morgan fingerprint density at radius 2 is 1.64 bits per heavy atom. The number of halogens is 3. The summed E-state index contributed by atoms with van der Waals surface area (Å²) in [7, 11) is 0. The molecule has 128 valence electrons. The van der Waals surface area contributed by atoms with Gasteiger partial charge in [0.1, 0.15) is 16.8 Å². The fourth-order valence-corrected chi connectivity index (χ4v) is 3.35. The zero-order chi connectivity index (χ0) is 17.8. The van der Waals surface area contributed by atoms with Crippen molar-refractivity contribution in [3.05, 3.63) is 96.8 Å². The highest BCUT2D eigenvalue weighted by atomic mass is 79.9. The Hall–Kier alpha value is -1.75. The lowest BCUT2D eigenvalue weighted by Crippen LogP contribution is -2.21. The van der Waals surface area contributed by atoms with Crippen LogP contribution >= 0.6 is 39.1 Å². The Balaban J connectivity index is 1.80. The van der Waals surface area contributed by atoms with Crippen LogP contribution in [0, 0.1) is 0 Å². The van der Waals surface area contributed by atoms with Crippen molar-refractivity contribution in [3.8, 4) is 5.75 Å². The first-order valence-corrected chi connectivity index (χ1v) is 9.09. The third kappa shape index (κ3) is 4.27. The van der Waals surface area contributed by atoms with Gasteiger partial charge in [-0.2, -0.15) is 0 Å².